The van der Waals surface area contributed by atoms with Crippen LogP contribution in [0.2, 0.25) is 0 Å². The van der Waals surface area contributed by atoms with Crippen molar-refractivity contribution in [3.63, 3.8) is 0 Å². The van der Waals surface area contributed by atoms with E-state index in [1.54, 1.807) is 0 Å². The summed E-state index contributed by atoms with van der Waals surface area (Å²) < 4.78 is 6.56. The molecule has 0 aliphatic carbocycles. The van der Waals surface area contributed by atoms with Crippen LogP contribution in [-0.2, 0) is 0 Å². The zero-order valence-electron chi connectivity index (χ0n) is 19.6. The summed E-state index contributed by atoms with van der Waals surface area (Å²) in [6, 6.07) is 48.9. The van der Waals surface area contributed by atoms with Gasteiger partial charge in [0.25, 0.3) is 0 Å². The van der Waals surface area contributed by atoms with Crippen LogP contribution in [0.15, 0.2) is 144 Å². The Balaban J connectivity index is 1.62. The zero-order chi connectivity index (χ0) is 23.9. The van der Waals surface area contributed by atoms with Crippen LogP contribution in [0.3, 0.4) is 0 Å². The molecule has 6 aromatic carbocycles. The lowest BCUT2D eigenvalue weighted by atomic mass is 9.95. The summed E-state index contributed by atoms with van der Waals surface area (Å²) >= 11 is 0. The quantitative estimate of drug-likeness (QED) is 0.259. The molecule has 0 atom stereocenters. The van der Waals surface area contributed by atoms with Gasteiger partial charge in [-0.25, -0.2) is 0 Å². The van der Waals surface area contributed by atoms with Gasteiger partial charge in [-0.2, -0.15) is 0 Å². The summed E-state index contributed by atoms with van der Waals surface area (Å²) in [5.41, 5.74) is 7.48. The normalized spacial score (nSPS) is 11.3. The molecule has 0 aliphatic rings. The molecule has 0 saturated carbocycles. The first-order valence-corrected chi connectivity index (χ1v) is 12.2. The van der Waals surface area contributed by atoms with Gasteiger partial charge in [0.05, 0.1) is 5.69 Å². The van der Waals surface area contributed by atoms with Crippen LogP contribution in [0.25, 0.3) is 43.8 Å². The summed E-state index contributed by atoms with van der Waals surface area (Å²) in [6.45, 7) is 0. The molecule has 1 aromatic heterocycles. The van der Waals surface area contributed by atoms with E-state index in [4.69, 9.17) is 4.42 Å². The number of fused-ring (bicyclic) bond motifs is 5. The van der Waals surface area contributed by atoms with Crippen molar-refractivity contribution in [3.8, 4) is 11.1 Å². The first kappa shape index (κ1) is 20.5. The first-order chi connectivity index (χ1) is 17.9. The molecule has 7 aromatic rings. The van der Waals surface area contributed by atoms with E-state index in [0.717, 1.165) is 55.5 Å². The summed E-state index contributed by atoms with van der Waals surface area (Å²) in [6.07, 6.45) is 0. The molecule has 36 heavy (non-hydrogen) atoms. The van der Waals surface area contributed by atoms with Crippen LogP contribution in [0, 0.1) is 0 Å². The average molecular weight is 462 g/mol. The molecule has 2 nitrogen and oxygen atoms in total. The largest absolute Gasteiger partial charge is 0.455 e. The van der Waals surface area contributed by atoms with Gasteiger partial charge in [-0.05, 0) is 53.4 Å². The first-order valence-electron chi connectivity index (χ1n) is 12.2. The molecule has 170 valence electrons. The summed E-state index contributed by atoms with van der Waals surface area (Å²) in [5, 5.41) is 4.58. The van der Waals surface area contributed by atoms with Gasteiger partial charge < -0.3 is 9.32 Å². The van der Waals surface area contributed by atoms with Crippen molar-refractivity contribution in [3.05, 3.63) is 140 Å². The van der Waals surface area contributed by atoms with Gasteiger partial charge >= 0.3 is 0 Å². The Morgan fingerprint density at radius 2 is 1.08 bits per heavy atom. The van der Waals surface area contributed by atoms with Crippen LogP contribution in [0.4, 0.5) is 17.1 Å². The summed E-state index contributed by atoms with van der Waals surface area (Å²) in [7, 11) is 0. The van der Waals surface area contributed by atoms with Gasteiger partial charge in [0, 0.05) is 33.1 Å². The van der Waals surface area contributed by atoms with Crippen LogP contribution >= 0.6 is 0 Å². The zero-order valence-corrected chi connectivity index (χ0v) is 19.6. The van der Waals surface area contributed by atoms with Gasteiger partial charge in [0.15, 0.2) is 0 Å². The summed E-state index contributed by atoms with van der Waals surface area (Å²) in [4.78, 5) is 2.33. The van der Waals surface area contributed by atoms with E-state index < -0.39 is 0 Å². The second-order valence-electron chi connectivity index (χ2n) is 8.97. The highest BCUT2D eigenvalue weighted by molar-refractivity contribution is 6.21. The smallest absolute Gasteiger partial charge is 0.143 e. The lowest BCUT2D eigenvalue weighted by molar-refractivity contribution is 0.673. The number of rotatable bonds is 4. The van der Waals surface area contributed by atoms with E-state index in [2.05, 4.69) is 144 Å². The van der Waals surface area contributed by atoms with E-state index >= 15 is 0 Å². The molecule has 1 heterocycles. The number of nitrogens with zero attached hydrogens (tertiary/aromatic N) is 1. The fourth-order valence-corrected chi connectivity index (χ4v) is 5.25. The molecule has 0 amide bonds. The van der Waals surface area contributed by atoms with Crippen molar-refractivity contribution in [2.45, 2.75) is 0 Å². The van der Waals surface area contributed by atoms with Gasteiger partial charge in [-0.15, -0.1) is 0 Å². The Kier molecular flexibility index (Phi) is 4.82. The van der Waals surface area contributed by atoms with Crippen LogP contribution in [0.5, 0.6) is 0 Å². The topological polar surface area (TPSA) is 16.4 Å². The Morgan fingerprint density at radius 1 is 0.472 bits per heavy atom. The second-order valence-corrected chi connectivity index (χ2v) is 8.97. The van der Waals surface area contributed by atoms with Gasteiger partial charge in [0.1, 0.15) is 11.2 Å². The minimum absolute atomic E-state index is 0.894. The van der Waals surface area contributed by atoms with E-state index in [1.807, 2.05) is 0 Å². The maximum atomic E-state index is 6.56. The monoisotopic (exact) mass is 461 g/mol. The Hall–Kier alpha value is -4.82. The molecule has 7 rings (SSSR count). The summed E-state index contributed by atoms with van der Waals surface area (Å²) in [5.74, 6) is 0. The second kappa shape index (κ2) is 8.44. The molecule has 0 saturated heterocycles. The minimum Gasteiger partial charge on any atom is -0.455 e. The van der Waals surface area contributed by atoms with Crippen LogP contribution < -0.4 is 4.90 Å². The average Bonchev–Trinajstić information content (AvgIpc) is 3.34. The van der Waals surface area contributed by atoms with Crippen molar-refractivity contribution in [2.24, 2.45) is 0 Å². The number of anilines is 3. The number of hydrogen-bond acceptors (Lipinski definition) is 2. The van der Waals surface area contributed by atoms with Crippen molar-refractivity contribution in [1.29, 1.82) is 0 Å². The molecule has 0 N–H and O–H groups in total. The van der Waals surface area contributed by atoms with Crippen molar-refractivity contribution in [1.82, 2.24) is 0 Å². The molecule has 0 fully saturated rings. The standard InChI is InChI=1S/C34H23NO/c1-4-13-25(14-5-1)32-30(35(26-15-6-2-7-16-26)27-17-8-3-9-18-27)22-23-31-33(32)29-21-20-24-12-10-11-19-28(24)34(29)36-31/h1-23H. The Labute approximate surface area is 209 Å². The van der Waals surface area contributed by atoms with Crippen LogP contribution in [-0.4, -0.2) is 0 Å². The number of para-hydroxylation sites is 2. The minimum atomic E-state index is 0.894. The number of hydrogen-bond donors (Lipinski definition) is 0. The van der Waals surface area contributed by atoms with E-state index in [0.29, 0.717) is 0 Å². The van der Waals surface area contributed by atoms with Crippen molar-refractivity contribution in [2.75, 3.05) is 4.90 Å². The maximum absolute atomic E-state index is 6.56. The Morgan fingerprint density at radius 3 is 1.78 bits per heavy atom. The molecule has 0 spiro atoms. The molecular weight excluding hydrogens is 438 g/mol. The molecular formula is C34H23NO. The van der Waals surface area contributed by atoms with E-state index in [-0.39, 0.29) is 0 Å². The number of benzene rings is 6. The third-order valence-electron chi connectivity index (χ3n) is 6.84. The van der Waals surface area contributed by atoms with Gasteiger partial charge in [-0.3, -0.25) is 0 Å². The molecule has 0 bridgehead atoms. The lowest BCUT2D eigenvalue weighted by Gasteiger charge is -2.28. The fourth-order valence-electron chi connectivity index (χ4n) is 5.25. The van der Waals surface area contributed by atoms with Gasteiger partial charge in [-0.1, -0.05) is 97.1 Å². The van der Waals surface area contributed by atoms with E-state index in [9.17, 15) is 0 Å². The number of furan rings is 1. The fraction of sp³-hybridized carbons (Fsp3) is 0. The third-order valence-corrected chi connectivity index (χ3v) is 6.84. The highest BCUT2D eigenvalue weighted by Gasteiger charge is 2.22. The highest BCUT2D eigenvalue weighted by atomic mass is 16.3. The predicted octanol–water partition coefficient (Wildman–Crippen LogP) is 9.88. The SMILES string of the molecule is c1ccc(-c2c(N(c3ccccc3)c3ccccc3)ccc3oc4c5ccccc5ccc4c23)cc1. The van der Waals surface area contributed by atoms with Crippen molar-refractivity contribution >= 4 is 49.8 Å². The predicted molar refractivity (Wildman–Crippen MR) is 151 cm³/mol. The van der Waals surface area contributed by atoms with E-state index in [1.165, 1.54) is 5.39 Å². The molecule has 0 unspecified atom stereocenters. The van der Waals surface area contributed by atoms with Gasteiger partial charge in [0.2, 0.25) is 0 Å². The van der Waals surface area contributed by atoms with Crippen molar-refractivity contribution < 1.29 is 4.42 Å². The lowest BCUT2D eigenvalue weighted by Crippen LogP contribution is -2.11. The molecule has 0 aliphatic heterocycles. The molecule has 2 heteroatoms. The third kappa shape index (κ3) is 3.27. The Bertz CT molecular complexity index is 1780. The maximum Gasteiger partial charge on any atom is 0.143 e. The van der Waals surface area contributed by atoms with Crippen LogP contribution in [0.1, 0.15) is 0 Å². The highest BCUT2D eigenvalue weighted by Crippen LogP contribution is 2.47. The molecule has 0 radical (unpaired) electrons.